The number of aryl methyl sites for hydroxylation is 1. The summed E-state index contributed by atoms with van der Waals surface area (Å²) in [5, 5.41) is 2.79. The third kappa shape index (κ3) is 3.02. The highest BCUT2D eigenvalue weighted by Gasteiger charge is 2.22. The molecular weight excluding hydrogens is 256 g/mol. The van der Waals surface area contributed by atoms with E-state index in [9.17, 15) is 4.79 Å². The molecule has 0 aliphatic heterocycles. The number of nitrogens with one attached hydrogen (secondary N) is 1. The predicted molar refractivity (Wildman–Crippen MR) is 64.8 cm³/mol. The zero-order valence-corrected chi connectivity index (χ0v) is 11.0. The van der Waals surface area contributed by atoms with Crippen LogP contribution in [0.5, 0.6) is 0 Å². The summed E-state index contributed by atoms with van der Waals surface area (Å²) in [7, 11) is 0. The lowest BCUT2D eigenvalue weighted by molar-refractivity contribution is -0.123. The molecule has 1 amide bonds. The molecule has 0 saturated carbocycles. The number of carbonyl (C=O) groups excluding carboxylic acids is 1. The average Bonchev–Trinajstić information content (AvgIpc) is 2.11. The van der Waals surface area contributed by atoms with Gasteiger partial charge in [-0.1, -0.05) is 20.8 Å². The maximum Gasteiger partial charge on any atom is 0.230 e. The molecule has 1 N–H and O–H groups in total. The summed E-state index contributed by atoms with van der Waals surface area (Å²) in [5.74, 6) is 0.538. The Labute approximate surface area is 98.4 Å². The number of anilines is 1. The minimum absolute atomic E-state index is 0.0405. The van der Waals surface area contributed by atoms with Crippen molar-refractivity contribution in [2.45, 2.75) is 27.7 Å². The number of nitrogens with zero attached hydrogens (tertiary/aromatic N) is 1. The van der Waals surface area contributed by atoms with Gasteiger partial charge in [0.1, 0.15) is 5.82 Å². The van der Waals surface area contributed by atoms with Crippen LogP contribution in [0.4, 0.5) is 5.82 Å². The Bertz CT molecular complexity index is 383. The number of halogens is 1. The topological polar surface area (TPSA) is 42.0 Å². The maximum absolute atomic E-state index is 11.7. The standard InChI is InChI=1S/C11H15BrN2O/c1-7-5-6-13-9(8(7)12)14-10(15)11(2,3)4/h5-6H,1-4H3,(H,13,14,15). The number of carbonyl (C=O) groups is 1. The van der Waals surface area contributed by atoms with E-state index in [4.69, 9.17) is 0 Å². The van der Waals surface area contributed by atoms with Crippen LogP contribution in [-0.4, -0.2) is 10.9 Å². The van der Waals surface area contributed by atoms with Crippen molar-refractivity contribution in [3.8, 4) is 0 Å². The van der Waals surface area contributed by atoms with Crippen molar-refractivity contribution in [2.24, 2.45) is 5.41 Å². The highest BCUT2D eigenvalue weighted by Crippen LogP contribution is 2.25. The predicted octanol–water partition coefficient (Wildman–Crippen LogP) is 3.14. The zero-order valence-electron chi connectivity index (χ0n) is 9.39. The Morgan fingerprint density at radius 3 is 2.60 bits per heavy atom. The third-order valence-corrected chi connectivity index (χ3v) is 3.00. The summed E-state index contributed by atoms with van der Waals surface area (Å²) in [6.45, 7) is 7.56. The molecule has 0 bridgehead atoms. The summed E-state index contributed by atoms with van der Waals surface area (Å²) in [4.78, 5) is 15.8. The van der Waals surface area contributed by atoms with Gasteiger partial charge >= 0.3 is 0 Å². The number of rotatable bonds is 1. The molecule has 0 saturated heterocycles. The minimum atomic E-state index is -0.412. The van der Waals surface area contributed by atoms with Crippen molar-refractivity contribution in [1.29, 1.82) is 0 Å². The van der Waals surface area contributed by atoms with Crippen molar-refractivity contribution in [3.05, 3.63) is 22.3 Å². The summed E-state index contributed by atoms with van der Waals surface area (Å²) in [5.41, 5.74) is 0.638. The number of amides is 1. The second-order valence-electron chi connectivity index (χ2n) is 4.49. The number of hydrogen-bond donors (Lipinski definition) is 1. The Hall–Kier alpha value is -0.900. The molecule has 1 heterocycles. The first-order valence-corrected chi connectivity index (χ1v) is 5.54. The van der Waals surface area contributed by atoms with Crippen LogP contribution in [0.1, 0.15) is 26.3 Å². The largest absolute Gasteiger partial charge is 0.309 e. The van der Waals surface area contributed by atoms with Crippen molar-refractivity contribution in [3.63, 3.8) is 0 Å². The molecule has 15 heavy (non-hydrogen) atoms. The fourth-order valence-electron chi connectivity index (χ4n) is 0.922. The van der Waals surface area contributed by atoms with Crippen LogP contribution < -0.4 is 5.32 Å². The van der Waals surface area contributed by atoms with Crippen LogP contribution in [-0.2, 0) is 4.79 Å². The highest BCUT2D eigenvalue weighted by atomic mass is 79.9. The molecular formula is C11H15BrN2O. The molecule has 0 aliphatic rings. The van der Waals surface area contributed by atoms with E-state index in [1.54, 1.807) is 6.20 Å². The van der Waals surface area contributed by atoms with Gasteiger partial charge in [0, 0.05) is 11.6 Å². The van der Waals surface area contributed by atoms with Gasteiger partial charge in [0.15, 0.2) is 0 Å². The van der Waals surface area contributed by atoms with Gasteiger partial charge in [-0.2, -0.15) is 0 Å². The third-order valence-electron chi connectivity index (χ3n) is 2.00. The molecule has 1 aromatic heterocycles. The van der Waals surface area contributed by atoms with E-state index in [0.717, 1.165) is 10.0 Å². The van der Waals surface area contributed by atoms with Crippen molar-refractivity contribution >= 4 is 27.7 Å². The normalized spacial score (nSPS) is 11.3. The molecule has 0 radical (unpaired) electrons. The van der Waals surface area contributed by atoms with Crippen molar-refractivity contribution < 1.29 is 4.79 Å². The van der Waals surface area contributed by atoms with Crippen LogP contribution in [0.3, 0.4) is 0 Å². The first-order valence-electron chi connectivity index (χ1n) is 4.75. The zero-order chi connectivity index (χ0) is 11.6. The van der Waals surface area contributed by atoms with E-state index in [2.05, 4.69) is 26.2 Å². The molecule has 0 aromatic carbocycles. The number of pyridine rings is 1. The van der Waals surface area contributed by atoms with Gasteiger partial charge in [-0.15, -0.1) is 0 Å². The second-order valence-corrected chi connectivity index (χ2v) is 5.29. The van der Waals surface area contributed by atoms with E-state index in [1.165, 1.54) is 0 Å². The molecule has 0 fully saturated rings. The van der Waals surface area contributed by atoms with E-state index < -0.39 is 5.41 Å². The Morgan fingerprint density at radius 2 is 2.07 bits per heavy atom. The van der Waals surface area contributed by atoms with Crippen LogP contribution in [0, 0.1) is 12.3 Å². The second kappa shape index (κ2) is 4.31. The van der Waals surface area contributed by atoms with E-state index in [1.807, 2.05) is 33.8 Å². The molecule has 0 unspecified atom stereocenters. The molecule has 82 valence electrons. The van der Waals surface area contributed by atoms with Gasteiger partial charge in [0.2, 0.25) is 5.91 Å². The van der Waals surface area contributed by atoms with Crippen LogP contribution >= 0.6 is 15.9 Å². The summed E-state index contributed by atoms with van der Waals surface area (Å²) < 4.78 is 0.836. The van der Waals surface area contributed by atoms with E-state index in [-0.39, 0.29) is 5.91 Å². The Kier molecular flexibility index (Phi) is 3.50. The molecule has 0 atom stereocenters. The van der Waals surface area contributed by atoms with Gasteiger partial charge < -0.3 is 5.32 Å². The van der Waals surface area contributed by atoms with Gasteiger partial charge in [-0.25, -0.2) is 4.98 Å². The summed E-state index contributed by atoms with van der Waals surface area (Å²) >= 11 is 3.40. The lowest BCUT2D eigenvalue weighted by Crippen LogP contribution is -2.28. The average molecular weight is 271 g/mol. The van der Waals surface area contributed by atoms with Gasteiger partial charge in [0.25, 0.3) is 0 Å². The number of hydrogen-bond acceptors (Lipinski definition) is 2. The number of aromatic nitrogens is 1. The first kappa shape index (κ1) is 12.2. The van der Waals surface area contributed by atoms with Crippen molar-refractivity contribution in [1.82, 2.24) is 4.98 Å². The SMILES string of the molecule is Cc1ccnc(NC(=O)C(C)(C)C)c1Br. The van der Waals surface area contributed by atoms with Crippen LogP contribution in [0.2, 0.25) is 0 Å². The fraction of sp³-hybridized carbons (Fsp3) is 0.455. The highest BCUT2D eigenvalue weighted by molar-refractivity contribution is 9.10. The molecule has 1 rings (SSSR count). The first-order chi connectivity index (χ1) is 6.82. The monoisotopic (exact) mass is 270 g/mol. The summed E-state index contributed by atoms with van der Waals surface area (Å²) in [6.07, 6.45) is 1.68. The van der Waals surface area contributed by atoms with Gasteiger partial charge in [-0.05, 0) is 34.5 Å². The molecule has 0 aliphatic carbocycles. The molecule has 3 nitrogen and oxygen atoms in total. The van der Waals surface area contributed by atoms with Gasteiger partial charge in [0.05, 0.1) is 4.47 Å². The van der Waals surface area contributed by atoms with Crippen molar-refractivity contribution in [2.75, 3.05) is 5.32 Å². The molecule has 0 spiro atoms. The van der Waals surface area contributed by atoms with E-state index >= 15 is 0 Å². The van der Waals surface area contributed by atoms with Crippen LogP contribution in [0.15, 0.2) is 16.7 Å². The van der Waals surface area contributed by atoms with E-state index in [0.29, 0.717) is 5.82 Å². The quantitative estimate of drug-likeness (QED) is 0.852. The lowest BCUT2D eigenvalue weighted by atomic mass is 9.96. The molecule has 4 heteroatoms. The Morgan fingerprint density at radius 1 is 1.47 bits per heavy atom. The minimum Gasteiger partial charge on any atom is -0.309 e. The van der Waals surface area contributed by atoms with Crippen LogP contribution in [0.25, 0.3) is 0 Å². The maximum atomic E-state index is 11.7. The molecule has 1 aromatic rings. The fourth-order valence-corrected chi connectivity index (χ4v) is 1.26. The smallest absolute Gasteiger partial charge is 0.230 e. The summed E-state index contributed by atoms with van der Waals surface area (Å²) in [6, 6.07) is 1.89. The lowest BCUT2D eigenvalue weighted by Gasteiger charge is -2.18. The Balaban J connectivity index is 2.91. The van der Waals surface area contributed by atoms with Gasteiger partial charge in [-0.3, -0.25) is 4.79 Å².